The van der Waals surface area contributed by atoms with Gasteiger partial charge in [0.15, 0.2) is 0 Å². The van der Waals surface area contributed by atoms with Crippen LogP contribution in [0.3, 0.4) is 0 Å². The van der Waals surface area contributed by atoms with Crippen LogP contribution in [0.25, 0.3) is 0 Å². The summed E-state index contributed by atoms with van der Waals surface area (Å²) in [6.07, 6.45) is 5.64. The average Bonchev–Trinajstić information content (AvgIpc) is 2.96. The molecule has 0 amide bonds. The molecule has 94 valence electrons. The fraction of sp³-hybridized carbons (Fsp3) is 0.333. The van der Waals surface area contributed by atoms with Crippen LogP contribution in [0.4, 0.5) is 0 Å². The van der Waals surface area contributed by atoms with E-state index in [4.69, 9.17) is 0 Å². The number of thioether (sulfide) groups is 1. The molecule has 3 rings (SSSR count). The van der Waals surface area contributed by atoms with Crippen molar-refractivity contribution in [1.82, 2.24) is 9.88 Å². The fourth-order valence-corrected chi connectivity index (χ4v) is 3.83. The standard InChI is InChI=1S/C15H18N2S/c1-16-9-12-6-7-17(10-12)11-14-8-13-4-2-3-5-15(13)18-14/h2-7,10,14,16H,8-9,11H2,1H3. The number of aromatic nitrogens is 1. The highest BCUT2D eigenvalue weighted by atomic mass is 32.2. The Balaban J connectivity index is 1.65. The second-order valence-corrected chi connectivity index (χ2v) is 6.14. The fourth-order valence-electron chi connectivity index (χ4n) is 2.50. The minimum absolute atomic E-state index is 0.678. The number of nitrogens with zero attached hydrogens (tertiary/aromatic N) is 1. The largest absolute Gasteiger partial charge is 0.353 e. The summed E-state index contributed by atoms with van der Waals surface area (Å²) in [6.45, 7) is 2.05. The number of rotatable bonds is 4. The van der Waals surface area contributed by atoms with Crippen molar-refractivity contribution < 1.29 is 0 Å². The quantitative estimate of drug-likeness (QED) is 0.908. The molecule has 2 heterocycles. The smallest absolute Gasteiger partial charge is 0.0345 e. The highest BCUT2D eigenvalue weighted by molar-refractivity contribution is 8.00. The van der Waals surface area contributed by atoms with E-state index in [1.54, 1.807) is 0 Å². The summed E-state index contributed by atoms with van der Waals surface area (Å²) >= 11 is 2.02. The topological polar surface area (TPSA) is 17.0 Å². The van der Waals surface area contributed by atoms with Crippen molar-refractivity contribution in [1.29, 1.82) is 0 Å². The Kier molecular flexibility index (Phi) is 3.43. The molecule has 1 unspecified atom stereocenters. The van der Waals surface area contributed by atoms with Gasteiger partial charge >= 0.3 is 0 Å². The van der Waals surface area contributed by atoms with Crippen molar-refractivity contribution in [2.75, 3.05) is 7.05 Å². The molecule has 1 aliphatic rings. The van der Waals surface area contributed by atoms with Gasteiger partial charge in [-0.2, -0.15) is 0 Å². The molecule has 1 aliphatic heterocycles. The molecule has 2 aromatic rings. The Morgan fingerprint density at radius 3 is 3.06 bits per heavy atom. The Morgan fingerprint density at radius 1 is 1.33 bits per heavy atom. The molecule has 1 atom stereocenters. The van der Waals surface area contributed by atoms with Crippen molar-refractivity contribution >= 4 is 11.8 Å². The first-order chi connectivity index (χ1) is 8.85. The zero-order valence-electron chi connectivity index (χ0n) is 10.6. The molecule has 0 fully saturated rings. The first-order valence-corrected chi connectivity index (χ1v) is 7.27. The van der Waals surface area contributed by atoms with Gasteiger partial charge in [-0.3, -0.25) is 0 Å². The maximum absolute atomic E-state index is 3.19. The molecule has 0 saturated carbocycles. The van der Waals surface area contributed by atoms with E-state index in [0.717, 1.165) is 13.1 Å². The van der Waals surface area contributed by atoms with Crippen LogP contribution in [0.2, 0.25) is 0 Å². The molecular weight excluding hydrogens is 240 g/mol. The molecule has 3 heteroatoms. The first kappa shape index (κ1) is 11.9. The monoisotopic (exact) mass is 258 g/mol. The van der Waals surface area contributed by atoms with Crippen LogP contribution < -0.4 is 5.32 Å². The van der Waals surface area contributed by atoms with E-state index in [9.17, 15) is 0 Å². The van der Waals surface area contributed by atoms with Gasteiger partial charge in [0.2, 0.25) is 0 Å². The molecule has 0 aliphatic carbocycles. The lowest BCUT2D eigenvalue weighted by Crippen LogP contribution is -2.11. The zero-order valence-corrected chi connectivity index (χ0v) is 11.4. The number of hydrogen-bond donors (Lipinski definition) is 1. The van der Waals surface area contributed by atoms with Crippen LogP contribution in [-0.4, -0.2) is 16.9 Å². The molecule has 2 nitrogen and oxygen atoms in total. The van der Waals surface area contributed by atoms with E-state index in [-0.39, 0.29) is 0 Å². The van der Waals surface area contributed by atoms with Crippen molar-refractivity contribution in [3.8, 4) is 0 Å². The van der Waals surface area contributed by atoms with E-state index < -0.39 is 0 Å². The average molecular weight is 258 g/mol. The lowest BCUT2D eigenvalue weighted by molar-refractivity contribution is 0.664. The lowest BCUT2D eigenvalue weighted by atomic mass is 10.1. The van der Waals surface area contributed by atoms with E-state index in [2.05, 4.69) is 52.6 Å². The minimum atomic E-state index is 0.678. The first-order valence-electron chi connectivity index (χ1n) is 6.39. The summed E-state index contributed by atoms with van der Waals surface area (Å²) in [5, 5.41) is 3.86. The van der Waals surface area contributed by atoms with E-state index in [1.807, 2.05) is 18.8 Å². The summed E-state index contributed by atoms with van der Waals surface area (Å²) < 4.78 is 2.32. The molecule has 1 aromatic carbocycles. The Hall–Kier alpha value is -1.19. The second kappa shape index (κ2) is 5.21. The summed E-state index contributed by atoms with van der Waals surface area (Å²) in [7, 11) is 1.99. The molecule has 0 radical (unpaired) electrons. The molecule has 0 spiro atoms. The Labute approximate surface area is 112 Å². The zero-order chi connectivity index (χ0) is 12.4. The van der Waals surface area contributed by atoms with Gasteiger partial charge in [0.25, 0.3) is 0 Å². The third-order valence-electron chi connectivity index (χ3n) is 3.32. The maximum atomic E-state index is 3.19. The normalized spacial score (nSPS) is 17.9. The molecule has 0 bridgehead atoms. The van der Waals surface area contributed by atoms with Gasteiger partial charge in [0, 0.05) is 35.6 Å². The van der Waals surface area contributed by atoms with Gasteiger partial charge in [-0.1, -0.05) is 18.2 Å². The number of benzene rings is 1. The third kappa shape index (κ3) is 2.47. The lowest BCUT2D eigenvalue weighted by Gasteiger charge is -2.09. The minimum Gasteiger partial charge on any atom is -0.353 e. The van der Waals surface area contributed by atoms with E-state index in [1.165, 1.54) is 22.4 Å². The van der Waals surface area contributed by atoms with Crippen LogP contribution in [0, 0.1) is 0 Å². The van der Waals surface area contributed by atoms with Crippen LogP contribution in [0.5, 0.6) is 0 Å². The van der Waals surface area contributed by atoms with Gasteiger partial charge < -0.3 is 9.88 Å². The van der Waals surface area contributed by atoms with Crippen molar-refractivity contribution in [2.45, 2.75) is 29.7 Å². The van der Waals surface area contributed by atoms with Crippen molar-refractivity contribution in [3.05, 3.63) is 53.9 Å². The van der Waals surface area contributed by atoms with Gasteiger partial charge in [0.05, 0.1) is 0 Å². The summed E-state index contributed by atoms with van der Waals surface area (Å²) in [4.78, 5) is 1.46. The number of nitrogens with one attached hydrogen (secondary N) is 1. The maximum Gasteiger partial charge on any atom is 0.0345 e. The number of hydrogen-bond acceptors (Lipinski definition) is 2. The Bertz CT molecular complexity index is 508. The van der Waals surface area contributed by atoms with Crippen molar-refractivity contribution in [3.63, 3.8) is 0 Å². The van der Waals surface area contributed by atoms with Gasteiger partial charge in [-0.25, -0.2) is 0 Å². The van der Waals surface area contributed by atoms with Crippen LogP contribution in [-0.2, 0) is 19.5 Å². The predicted octanol–water partition coefficient (Wildman–Crippen LogP) is 2.92. The van der Waals surface area contributed by atoms with E-state index in [0.29, 0.717) is 5.25 Å². The molecule has 1 aromatic heterocycles. The van der Waals surface area contributed by atoms with Gasteiger partial charge in [0.1, 0.15) is 0 Å². The molecular formula is C15H18N2S. The molecule has 1 N–H and O–H groups in total. The van der Waals surface area contributed by atoms with Crippen LogP contribution in [0.15, 0.2) is 47.6 Å². The van der Waals surface area contributed by atoms with Gasteiger partial charge in [-0.05, 0) is 36.7 Å². The summed E-state index contributed by atoms with van der Waals surface area (Å²) in [5.41, 5.74) is 2.87. The van der Waals surface area contributed by atoms with E-state index >= 15 is 0 Å². The van der Waals surface area contributed by atoms with Crippen LogP contribution in [0.1, 0.15) is 11.1 Å². The highest BCUT2D eigenvalue weighted by Crippen LogP contribution is 2.37. The van der Waals surface area contributed by atoms with Gasteiger partial charge in [-0.15, -0.1) is 11.8 Å². The Morgan fingerprint density at radius 2 is 2.22 bits per heavy atom. The SMILES string of the molecule is CNCc1ccn(CC2Cc3ccccc3S2)c1. The predicted molar refractivity (Wildman–Crippen MR) is 77.0 cm³/mol. The summed E-state index contributed by atoms with van der Waals surface area (Å²) in [6, 6.07) is 11.0. The third-order valence-corrected chi connectivity index (χ3v) is 4.62. The van der Waals surface area contributed by atoms with Crippen molar-refractivity contribution in [2.24, 2.45) is 0 Å². The summed E-state index contributed by atoms with van der Waals surface area (Å²) in [5.74, 6) is 0. The number of fused-ring (bicyclic) bond motifs is 1. The molecule has 0 saturated heterocycles. The second-order valence-electron chi connectivity index (χ2n) is 4.80. The molecule has 18 heavy (non-hydrogen) atoms. The van der Waals surface area contributed by atoms with Crippen LogP contribution >= 0.6 is 11.8 Å². The highest BCUT2D eigenvalue weighted by Gasteiger charge is 2.21.